The van der Waals surface area contributed by atoms with Crippen molar-refractivity contribution in [3.05, 3.63) is 28.8 Å². The van der Waals surface area contributed by atoms with E-state index < -0.39 is 0 Å². The van der Waals surface area contributed by atoms with Crippen LogP contribution in [0.3, 0.4) is 0 Å². The molecule has 19 heavy (non-hydrogen) atoms. The Balaban J connectivity index is 2.24. The van der Waals surface area contributed by atoms with Gasteiger partial charge in [-0.25, -0.2) is 0 Å². The molecule has 1 aromatic rings. The highest BCUT2D eigenvalue weighted by Crippen LogP contribution is 2.23. The molecular formula is C16H23ClO2. The summed E-state index contributed by atoms with van der Waals surface area (Å²) >= 11 is 5.74. The van der Waals surface area contributed by atoms with Crippen molar-refractivity contribution in [3.8, 4) is 5.75 Å². The van der Waals surface area contributed by atoms with E-state index >= 15 is 0 Å². The van der Waals surface area contributed by atoms with Crippen molar-refractivity contribution in [2.75, 3.05) is 0 Å². The Morgan fingerprint density at radius 3 is 2.37 bits per heavy atom. The second-order valence-corrected chi connectivity index (χ2v) is 5.39. The van der Waals surface area contributed by atoms with Crippen LogP contribution < -0.4 is 0 Å². The van der Waals surface area contributed by atoms with Gasteiger partial charge in [-0.15, -0.1) is 0 Å². The number of ketones is 1. The fourth-order valence-corrected chi connectivity index (χ4v) is 2.28. The third-order valence-electron chi connectivity index (χ3n) is 3.27. The van der Waals surface area contributed by atoms with E-state index in [4.69, 9.17) is 11.6 Å². The summed E-state index contributed by atoms with van der Waals surface area (Å²) in [4.78, 5) is 11.9. The molecule has 0 unspecified atom stereocenters. The summed E-state index contributed by atoms with van der Waals surface area (Å²) in [7, 11) is 0. The molecule has 106 valence electrons. The van der Waals surface area contributed by atoms with Gasteiger partial charge in [-0.3, -0.25) is 4.79 Å². The molecule has 2 nitrogen and oxygen atoms in total. The Kier molecular flexibility index (Phi) is 7.57. The minimum absolute atomic E-state index is 0.00252. The lowest BCUT2D eigenvalue weighted by Gasteiger charge is -2.04. The molecule has 0 saturated carbocycles. The van der Waals surface area contributed by atoms with E-state index in [-0.39, 0.29) is 11.5 Å². The molecular weight excluding hydrogens is 260 g/mol. The van der Waals surface area contributed by atoms with E-state index in [9.17, 15) is 9.90 Å². The Morgan fingerprint density at radius 1 is 1.11 bits per heavy atom. The minimum Gasteiger partial charge on any atom is -0.507 e. The smallest absolute Gasteiger partial charge is 0.166 e. The van der Waals surface area contributed by atoms with E-state index in [1.807, 2.05) is 0 Å². The average molecular weight is 283 g/mol. The first-order valence-corrected chi connectivity index (χ1v) is 7.54. The molecule has 0 bridgehead atoms. The highest BCUT2D eigenvalue weighted by molar-refractivity contribution is 6.30. The van der Waals surface area contributed by atoms with Crippen LogP contribution in [0.15, 0.2) is 18.2 Å². The van der Waals surface area contributed by atoms with Crippen molar-refractivity contribution in [3.63, 3.8) is 0 Å². The quantitative estimate of drug-likeness (QED) is 0.488. The monoisotopic (exact) mass is 282 g/mol. The molecule has 0 aromatic heterocycles. The number of Topliss-reactive ketones (excluding diaryl/α,β-unsaturated/α-hetero) is 1. The van der Waals surface area contributed by atoms with Crippen molar-refractivity contribution < 1.29 is 9.90 Å². The predicted molar refractivity (Wildman–Crippen MR) is 80.1 cm³/mol. The highest BCUT2D eigenvalue weighted by atomic mass is 35.5. The number of hydrogen-bond donors (Lipinski definition) is 1. The summed E-state index contributed by atoms with van der Waals surface area (Å²) in [6.07, 6.45) is 8.79. The molecule has 0 saturated heterocycles. The number of hydrogen-bond acceptors (Lipinski definition) is 2. The molecule has 0 spiro atoms. The van der Waals surface area contributed by atoms with Crippen LogP contribution in [0.5, 0.6) is 5.75 Å². The van der Waals surface area contributed by atoms with E-state index in [0.717, 1.165) is 12.8 Å². The average Bonchev–Trinajstić information content (AvgIpc) is 2.37. The first-order valence-electron chi connectivity index (χ1n) is 7.17. The van der Waals surface area contributed by atoms with Gasteiger partial charge < -0.3 is 5.11 Å². The van der Waals surface area contributed by atoms with Gasteiger partial charge in [0.2, 0.25) is 0 Å². The number of halogens is 1. The maximum atomic E-state index is 11.9. The second kappa shape index (κ2) is 8.98. The van der Waals surface area contributed by atoms with Crippen LogP contribution in [-0.4, -0.2) is 10.9 Å². The van der Waals surface area contributed by atoms with Crippen molar-refractivity contribution in [1.29, 1.82) is 0 Å². The molecule has 0 fully saturated rings. The van der Waals surface area contributed by atoms with E-state index in [1.54, 1.807) is 12.1 Å². The molecule has 0 aliphatic carbocycles. The van der Waals surface area contributed by atoms with Gasteiger partial charge in [0, 0.05) is 11.4 Å². The molecule has 1 rings (SSSR count). The second-order valence-electron chi connectivity index (χ2n) is 4.96. The molecule has 0 radical (unpaired) electrons. The van der Waals surface area contributed by atoms with Gasteiger partial charge in [0.1, 0.15) is 5.75 Å². The van der Waals surface area contributed by atoms with Crippen LogP contribution in [0, 0.1) is 0 Å². The fourth-order valence-electron chi connectivity index (χ4n) is 2.12. The lowest BCUT2D eigenvalue weighted by molar-refractivity contribution is 0.0976. The normalized spacial score (nSPS) is 10.6. The molecule has 3 heteroatoms. The Labute approximate surface area is 120 Å². The van der Waals surface area contributed by atoms with Crippen LogP contribution in [0.2, 0.25) is 5.02 Å². The van der Waals surface area contributed by atoms with E-state index in [0.29, 0.717) is 17.0 Å². The van der Waals surface area contributed by atoms with Gasteiger partial charge in [-0.1, -0.05) is 57.0 Å². The maximum Gasteiger partial charge on any atom is 0.166 e. The summed E-state index contributed by atoms with van der Waals surface area (Å²) < 4.78 is 0. The zero-order valence-corrected chi connectivity index (χ0v) is 12.4. The lowest BCUT2D eigenvalue weighted by atomic mass is 10.0. The first kappa shape index (κ1) is 16.0. The number of unbranched alkanes of at least 4 members (excludes halogenated alkanes) is 6. The van der Waals surface area contributed by atoms with Gasteiger partial charge in [-0.05, 0) is 24.6 Å². The Morgan fingerprint density at radius 2 is 1.74 bits per heavy atom. The van der Waals surface area contributed by atoms with Gasteiger partial charge in [0.05, 0.1) is 5.56 Å². The predicted octanol–water partition coefficient (Wildman–Crippen LogP) is 5.37. The van der Waals surface area contributed by atoms with Crippen LogP contribution in [-0.2, 0) is 0 Å². The largest absolute Gasteiger partial charge is 0.507 e. The third-order valence-corrected chi connectivity index (χ3v) is 3.50. The van der Waals surface area contributed by atoms with Crippen LogP contribution in [0.25, 0.3) is 0 Å². The molecule has 0 heterocycles. The summed E-state index contributed by atoms with van der Waals surface area (Å²) in [5, 5.41) is 10.1. The summed E-state index contributed by atoms with van der Waals surface area (Å²) in [5.41, 5.74) is 0.385. The highest BCUT2D eigenvalue weighted by Gasteiger charge is 2.10. The van der Waals surface area contributed by atoms with Crippen molar-refractivity contribution >= 4 is 17.4 Å². The number of aromatic hydroxyl groups is 1. The van der Waals surface area contributed by atoms with Gasteiger partial charge in [0.25, 0.3) is 0 Å². The number of phenolic OH excluding ortho intramolecular Hbond substituents is 1. The molecule has 1 aromatic carbocycles. The number of carbonyl (C=O) groups excluding carboxylic acids is 1. The number of carbonyl (C=O) groups is 1. The summed E-state index contributed by atoms with van der Waals surface area (Å²) in [5.74, 6) is -0.0110. The third kappa shape index (κ3) is 6.11. The summed E-state index contributed by atoms with van der Waals surface area (Å²) in [6.45, 7) is 2.21. The molecule has 0 amide bonds. The van der Waals surface area contributed by atoms with Gasteiger partial charge in [0.15, 0.2) is 5.78 Å². The number of benzene rings is 1. The Bertz CT molecular complexity index is 402. The van der Waals surface area contributed by atoms with E-state index in [2.05, 4.69) is 6.92 Å². The number of phenols is 1. The molecule has 1 N–H and O–H groups in total. The summed E-state index contributed by atoms with van der Waals surface area (Å²) in [6, 6.07) is 4.65. The Hall–Kier alpha value is -1.02. The van der Waals surface area contributed by atoms with E-state index in [1.165, 1.54) is 38.2 Å². The fraction of sp³-hybridized carbons (Fsp3) is 0.562. The van der Waals surface area contributed by atoms with Crippen LogP contribution in [0.1, 0.15) is 68.6 Å². The van der Waals surface area contributed by atoms with Crippen LogP contribution in [0.4, 0.5) is 0 Å². The van der Waals surface area contributed by atoms with Crippen molar-refractivity contribution in [1.82, 2.24) is 0 Å². The van der Waals surface area contributed by atoms with Gasteiger partial charge >= 0.3 is 0 Å². The standard InChI is InChI=1S/C16H23ClO2/c1-2-3-4-5-6-7-8-9-15(18)14-11-10-13(17)12-16(14)19/h10-12,19H,2-9H2,1H3. The molecule has 0 aliphatic rings. The minimum atomic E-state index is -0.0135. The van der Waals surface area contributed by atoms with Crippen molar-refractivity contribution in [2.24, 2.45) is 0 Å². The maximum absolute atomic E-state index is 11.9. The molecule has 0 atom stereocenters. The van der Waals surface area contributed by atoms with Crippen molar-refractivity contribution in [2.45, 2.75) is 58.3 Å². The first-order chi connectivity index (χ1) is 9.15. The van der Waals surface area contributed by atoms with Crippen LogP contribution >= 0.6 is 11.6 Å². The molecule has 0 aliphatic heterocycles. The zero-order valence-electron chi connectivity index (χ0n) is 11.6. The van der Waals surface area contributed by atoms with Gasteiger partial charge in [-0.2, -0.15) is 0 Å². The topological polar surface area (TPSA) is 37.3 Å². The lowest BCUT2D eigenvalue weighted by Crippen LogP contribution is -1.99. The SMILES string of the molecule is CCCCCCCCCC(=O)c1ccc(Cl)cc1O. The zero-order chi connectivity index (χ0) is 14.1. The number of rotatable bonds is 9.